The number of sulfonamides is 1. The van der Waals surface area contributed by atoms with E-state index in [9.17, 15) is 27.9 Å². The van der Waals surface area contributed by atoms with Gasteiger partial charge >= 0.3 is 5.97 Å². The van der Waals surface area contributed by atoms with Crippen molar-refractivity contribution in [2.75, 3.05) is 11.9 Å². The van der Waals surface area contributed by atoms with Gasteiger partial charge < -0.3 is 15.7 Å². The van der Waals surface area contributed by atoms with Crippen LogP contribution in [0.3, 0.4) is 0 Å². The number of aliphatic carboxylic acids is 1. The molecule has 1 aliphatic carbocycles. The lowest BCUT2D eigenvalue weighted by Crippen LogP contribution is -2.53. The van der Waals surface area contributed by atoms with Crippen molar-refractivity contribution in [3.8, 4) is 0 Å². The highest BCUT2D eigenvalue weighted by molar-refractivity contribution is 7.89. The van der Waals surface area contributed by atoms with Crippen LogP contribution in [0.5, 0.6) is 0 Å². The summed E-state index contributed by atoms with van der Waals surface area (Å²) in [5.74, 6) is -2.79. The van der Waals surface area contributed by atoms with Crippen LogP contribution in [0.25, 0.3) is 0 Å². The topological polar surface area (TPSA) is 146 Å². The Kier molecular flexibility index (Phi) is 9.74. The smallest absolute Gasteiger partial charge is 0.326 e. The van der Waals surface area contributed by atoms with Crippen molar-refractivity contribution in [1.29, 1.82) is 0 Å². The summed E-state index contributed by atoms with van der Waals surface area (Å²) in [6.45, 7) is 0.135. The van der Waals surface area contributed by atoms with E-state index >= 15 is 0 Å². The van der Waals surface area contributed by atoms with Crippen molar-refractivity contribution in [1.82, 2.24) is 14.6 Å². The third-order valence-electron chi connectivity index (χ3n) is 7.91. The van der Waals surface area contributed by atoms with E-state index in [0.717, 1.165) is 17.1 Å². The van der Waals surface area contributed by atoms with Crippen molar-refractivity contribution in [3.05, 3.63) is 86.1 Å². The zero-order valence-electron chi connectivity index (χ0n) is 22.8. The number of carbonyl (C=O) groups is 3. The van der Waals surface area contributed by atoms with E-state index in [1.165, 1.54) is 30.6 Å². The predicted octanol–water partition coefficient (Wildman–Crippen LogP) is 5.55. The number of hydrogen-bond acceptors (Lipinski definition) is 6. The second-order valence-electron chi connectivity index (χ2n) is 10.7. The number of aromatic nitrogens is 1. The van der Waals surface area contributed by atoms with Gasteiger partial charge in [-0.15, -0.1) is 0 Å². The number of carboxylic acid groups (broad SMARTS) is 1. The van der Waals surface area contributed by atoms with Crippen LogP contribution < -0.4 is 10.6 Å². The molecule has 2 amide bonds. The van der Waals surface area contributed by atoms with Crippen LogP contribution in [0.15, 0.2) is 59.8 Å². The molecule has 5 rings (SSSR count). The number of fused-ring (bicyclic) bond motifs is 1. The fourth-order valence-corrected chi connectivity index (χ4v) is 8.84. The van der Waals surface area contributed by atoms with Gasteiger partial charge in [0.15, 0.2) is 0 Å². The minimum atomic E-state index is -4.17. The van der Waals surface area contributed by atoms with Crippen LogP contribution in [0, 0.1) is 11.8 Å². The summed E-state index contributed by atoms with van der Waals surface area (Å²) in [5.41, 5.74) is 1.02. The molecule has 0 radical (unpaired) electrons. The van der Waals surface area contributed by atoms with Gasteiger partial charge in [0.05, 0.1) is 20.5 Å². The van der Waals surface area contributed by atoms with Gasteiger partial charge in [-0.1, -0.05) is 65.0 Å². The molecule has 44 heavy (non-hydrogen) atoms. The zero-order chi connectivity index (χ0) is 31.8. The summed E-state index contributed by atoms with van der Waals surface area (Å²) in [6, 6.07) is 7.89. The Balaban J connectivity index is 1.31. The Bertz CT molecular complexity index is 1680. The van der Waals surface area contributed by atoms with Gasteiger partial charge in [-0.3, -0.25) is 14.6 Å². The zero-order valence-corrected chi connectivity index (χ0v) is 26.7. The summed E-state index contributed by atoms with van der Waals surface area (Å²) >= 11 is 24.2. The first-order valence-electron chi connectivity index (χ1n) is 13.6. The number of nitrogens with one attached hydrogen (secondary N) is 2. The van der Waals surface area contributed by atoms with Crippen LogP contribution in [0.4, 0.5) is 5.69 Å². The Morgan fingerprint density at radius 1 is 0.977 bits per heavy atom. The first-order chi connectivity index (χ1) is 20.8. The molecule has 3 aromatic rings. The minimum Gasteiger partial charge on any atom is -0.480 e. The maximum absolute atomic E-state index is 13.7. The lowest BCUT2D eigenvalue weighted by atomic mass is 9.93. The fraction of sp³-hybridized carbons (Fsp3) is 0.310. The Labute approximate surface area is 273 Å². The number of nitrogens with zero attached hydrogens (tertiary/aromatic N) is 2. The van der Waals surface area contributed by atoms with Crippen molar-refractivity contribution < 1.29 is 27.9 Å². The number of carbonyl (C=O) groups excluding carboxylic acids is 2. The lowest BCUT2D eigenvalue weighted by molar-refractivity contribution is -0.142. The summed E-state index contributed by atoms with van der Waals surface area (Å²) in [5, 5.41) is 15.7. The summed E-state index contributed by atoms with van der Waals surface area (Å²) in [6.07, 6.45) is 4.76. The van der Waals surface area contributed by atoms with E-state index in [0.29, 0.717) is 17.7 Å². The monoisotopic (exact) mass is 698 g/mol. The van der Waals surface area contributed by atoms with Gasteiger partial charge in [0, 0.05) is 41.1 Å². The molecule has 1 aliphatic heterocycles. The molecule has 1 saturated carbocycles. The van der Waals surface area contributed by atoms with Crippen LogP contribution in [0.1, 0.15) is 35.2 Å². The van der Waals surface area contributed by atoms with Gasteiger partial charge in [0.25, 0.3) is 5.91 Å². The van der Waals surface area contributed by atoms with E-state index in [1.807, 2.05) is 0 Å². The average Bonchev–Trinajstić information content (AvgIpc) is 3.55. The molecular weight excluding hydrogens is 674 g/mol. The molecule has 2 aromatic carbocycles. The molecule has 1 saturated heterocycles. The van der Waals surface area contributed by atoms with Crippen LogP contribution in [-0.2, 0) is 26.0 Å². The van der Waals surface area contributed by atoms with Gasteiger partial charge in [0.1, 0.15) is 12.1 Å². The highest BCUT2D eigenvalue weighted by atomic mass is 35.5. The highest BCUT2D eigenvalue weighted by Gasteiger charge is 2.52. The third-order valence-corrected chi connectivity index (χ3v) is 10.7. The first kappa shape index (κ1) is 32.5. The number of carboxylic acids is 1. The summed E-state index contributed by atoms with van der Waals surface area (Å²) in [7, 11) is -4.17. The average molecular weight is 700 g/mol. The summed E-state index contributed by atoms with van der Waals surface area (Å²) < 4.78 is 28.5. The minimum absolute atomic E-state index is 0.0295. The van der Waals surface area contributed by atoms with Gasteiger partial charge in [-0.25, -0.2) is 13.2 Å². The molecule has 1 aromatic heterocycles. The number of anilines is 1. The standard InChI is InChI=1S/C29H26Cl4N4O6S/c30-17-9-18(31)11-20(10-17)44(42,43)37-14-16-2-1-3-21(16)26(37)28(39)36-24(29(40)41)8-15-4-6-19(7-5-15)35-27(38)25-22(32)12-34-13-23(25)33/h4-7,9-13,16,21,24,26H,1-3,8,14H2,(H,35,38)(H,36,39)(H,40,41)/t16?,21?,24-,26?/m0/s1. The van der Waals surface area contributed by atoms with E-state index in [1.54, 1.807) is 24.3 Å². The Morgan fingerprint density at radius 3 is 2.23 bits per heavy atom. The van der Waals surface area contributed by atoms with Gasteiger partial charge in [-0.05, 0) is 60.6 Å². The van der Waals surface area contributed by atoms with Crippen molar-refractivity contribution in [3.63, 3.8) is 0 Å². The maximum atomic E-state index is 13.7. The van der Waals surface area contributed by atoms with E-state index < -0.39 is 39.9 Å². The van der Waals surface area contributed by atoms with E-state index in [4.69, 9.17) is 46.4 Å². The molecule has 2 aliphatic rings. The first-order valence-corrected chi connectivity index (χ1v) is 16.5. The molecule has 3 unspecified atom stereocenters. The molecule has 2 heterocycles. The second-order valence-corrected chi connectivity index (χ2v) is 14.3. The van der Waals surface area contributed by atoms with Crippen LogP contribution in [-0.4, -0.2) is 59.2 Å². The molecule has 15 heteroatoms. The highest BCUT2D eigenvalue weighted by Crippen LogP contribution is 2.44. The number of halogens is 4. The number of pyridine rings is 1. The number of amides is 2. The van der Waals surface area contributed by atoms with E-state index in [-0.39, 0.29) is 55.4 Å². The molecule has 232 valence electrons. The lowest BCUT2D eigenvalue weighted by Gasteiger charge is -2.28. The normalized spacial score (nSPS) is 20.6. The molecule has 3 N–H and O–H groups in total. The largest absolute Gasteiger partial charge is 0.480 e. The summed E-state index contributed by atoms with van der Waals surface area (Å²) in [4.78, 5) is 42.2. The second kappa shape index (κ2) is 13.2. The van der Waals surface area contributed by atoms with E-state index in [2.05, 4.69) is 15.6 Å². The van der Waals surface area contributed by atoms with Crippen molar-refractivity contribution in [2.45, 2.75) is 42.7 Å². The third kappa shape index (κ3) is 6.83. The Hall–Kier alpha value is -2.93. The van der Waals surface area contributed by atoms with Crippen LogP contribution >= 0.6 is 46.4 Å². The number of hydrogen-bond donors (Lipinski definition) is 3. The number of benzene rings is 2. The molecule has 4 atom stereocenters. The molecule has 0 spiro atoms. The van der Waals surface area contributed by atoms with Gasteiger partial charge in [0.2, 0.25) is 15.9 Å². The quantitative estimate of drug-likeness (QED) is 0.266. The Morgan fingerprint density at radius 2 is 1.61 bits per heavy atom. The molecular formula is C29H26Cl4N4O6S. The fourth-order valence-electron chi connectivity index (χ4n) is 5.89. The molecule has 2 fully saturated rings. The maximum Gasteiger partial charge on any atom is 0.326 e. The van der Waals surface area contributed by atoms with Crippen molar-refractivity contribution in [2.24, 2.45) is 11.8 Å². The predicted molar refractivity (Wildman–Crippen MR) is 167 cm³/mol. The van der Waals surface area contributed by atoms with Crippen LogP contribution in [0.2, 0.25) is 20.1 Å². The number of rotatable bonds is 9. The van der Waals surface area contributed by atoms with Crippen molar-refractivity contribution >= 4 is 79.9 Å². The molecule has 10 nitrogen and oxygen atoms in total. The molecule has 0 bridgehead atoms. The van der Waals surface area contributed by atoms with Gasteiger partial charge in [-0.2, -0.15) is 4.31 Å². The SMILES string of the molecule is O=C(Nc1ccc(C[C@H](NC(=O)C2C3CCCC3CN2S(=O)(=O)c2cc(Cl)cc(Cl)c2)C(=O)O)cc1)c1c(Cl)cncc1Cl.